The minimum Gasteiger partial charge on any atom is -0.508 e. The topological polar surface area (TPSA) is 86.7 Å². The van der Waals surface area contributed by atoms with Crippen molar-refractivity contribution in [3.05, 3.63) is 65.2 Å². The third-order valence-electron chi connectivity index (χ3n) is 3.60. The Morgan fingerprint density at radius 1 is 0.958 bits per heavy atom. The molecular weight excluding hydrogens is 308 g/mol. The van der Waals surface area contributed by atoms with Gasteiger partial charge in [-0.3, -0.25) is 14.9 Å². The number of aromatic hydroxyl groups is 1. The quantitative estimate of drug-likeness (QED) is 0.656. The Balaban J connectivity index is 1.99. The van der Waals surface area contributed by atoms with Crippen molar-refractivity contribution >= 4 is 29.6 Å². The highest BCUT2D eigenvalue weighted by Gasteiger charge is 2.36. The number of carbonyl (C=O) groups excluding carboxylic acids is 3. The van der Waals surface area contributed by atoms with Crippen molar-refractivity contribution in [2.45, 2.75) is 6.92 Å². The van der Waals surface area contributed by atoms with Gasteiger partial charge < -0.3 is 5.11 Å². The summed E-state index contributed by atoms with van der Waals surface area (Å²) < 4.78 is 0. The zero-order valence-corrected chi connectivity index (χ0v) is 12.8. The van der Waals surface area contributed by atoms with Crippen LogP contribution < -0.4 is 10.2 Å². The van der Waals surface area contributed by atoms with E-state index >= 15 is 0 Å². The molecule has 0 aromatic heterocycles. The monoisotopic (exact) mass is 322 g/mol. The van der Waals surface area contributed by atoms with Gasteiger partial charge in [0.2, 0.25) is 0 Å². The lowest BCUT2D eigenvalue weighted by molar-refractivity contribution is -0.122. The molecule has 0 atom stereocenters. The minimum absolute atomic E-state index is 0.0769. The molecule has 1 saturated heterocycles. The van der Waals surface area contributed by atoms with Gasteiger partial charge in [-0.25, -0.2) is 9.69 Å². The van der Waals surface area contributed by atoms with Crippen LogP contribution in [0.4, 0.5) is 10.5 Å². The fraction of sp³-hybridized carbons (Fsp3) is 0.0556. The maximum absolute atomic E-state index is 12.6. The van der Waals surface area contributed by atoms with Crippen molar-refractivity contribution in [2.75, 3.05) is 4.90 Å². The molecule has 1 aliphatic heterocycles. The van der Waals surface area contributed by atoms with Gasteiger partial charge in [0.25, 0.3) is 11.8 Å². The first-order valence-electron chi connectivity index (χ1n) is 7.23. The Hall–Kier alpha value is -3.41. The number of nitrogens with zero attached hydrogens (tertiary/aromatic N) is 1. The molecule has 0 unspecified atom stereocenters. The van der Waals surface area contributed by atoms with Crippen LogP contribution >= 0.6 is 0 Å². The Morgan fingerprint density at radius 2 is 1.58 bits per heavy atom. The average molecular weight is 322 g/mol. The van der Waals surface area contributed by atoms with Gasteiger partial charge in [-0.05, 0) is 42.8 Å². The number of nitrogens with one attached hydrogen (secondary N) is 1. The number of hydrogen-bond donors (Lipinski definition) is 2. The molecule has 1 fully saturated rings. The number of rotatable bonds is 2. The predicted octanol–water partition coefficient (Wildman–Crippen LogP) is 2.37. The van der Waals surface area contributed by atoms with Crippen LogP contribution in [-0.4, -0.2) is 23.0 Å². The molecule has 6 nitrogen and oxygen atoms in total. The first-order valence-corrected chi connectivity index (χ1v) is 7.23. The molecule has 2 aromatic carbocycles. The standard InChI is InChI=1S/C18H14N2O4/c1-11-2-6-13(7-3-11)20-17(23)15(16(22)19-18(20)24)10-12-4-8-14(21)9-5-12/h2-10,21H,1H3,(H,19,22,24)/b15-10+. The van der Waals surface area contributed by atoms with Gasteiger partial charge in [0.05, 0.1) is 5.69 Å². The Kier molecular flexibility index (Phi) is 3.87. The smallest absolute Gasteiger partial charge is 0.335 e. The molecule has 2 aromatic rings. The van der Waals surface area contributed by atoms with Gasteiger partial charge in [-0.2, -0.15) is 0 Å². The number of barbiturate groups is 1. The lowest BCUT2D eigenvalue weighted by atomic mass is 10.1. The summed E-state index contributed by atoms with van der Waals surface area (Å²) >= 11 is 0. The highest BCUT2D eigenvalue weighted by Crippen LogP contribution is 2.22. The fourth-order valence-electron chi connectivity index (χ4n) is 2.32. The summed E-state index contributed by atoms with van der Waals surface area (Å²) in [7, 11) is 0. The molecule has 4 amide bonds. The van der Waals surface area contributed by atoms with Gasteiger partial charge in [0.15, 0.2) is 0 Å². The van der Waals surface area contributed by atoms with Crippen molar-refractivity contribution < 1.29 is 19.5 Å². The lowest BCUT2D eigenvalue weighted by Crippen LogP contribution is -2.54. The number of urea groups is 1. The number of phenols is 1. The van der Waals surface area contributed by atoms with Crippen molar-refractivity contribution in [1.29, 1.82) is 0 Å². The molecule has 2 N–H and O–H groups in total. The summed E-state index contributed by atoms with van der Waals surface area (Å²) in [6, 6.07) is 12.1. The molecule has 0 radical (unpaired) electrons. The van der Waals surface area contributed by atoms with E-state index in [4.69, 9.17) is 0 Å². The molecule has 0 bridgehead atoms. The predicted molar refractivity (Wildman–Crippen MR) is 88.3 cm³/mol. The van der Waals surface area contributed by atoms with Crippen LogP contribution in [-0.2, 0) is 9.59 Å². The highest BCUT2D eigenvalue weighted by molar-refractivity contribution is 6.39. The lowest BCUT2D eigenvalue weighted by Gasteiger charge is -2.26. The van der Waals surface area contributed by atoms with E-state index in [1.165, 1.54) is 18.2 Å². The van der Waals surface area contributed by atoms with E-state index in [1.54, 1.807) is 36.4 Å². The molecule has 0 aliphatic carbocycles. The number of benzene rings is 2. The zero-order valence-electron chi connectivity index (χ0n) is 12.8. The molecule has 1 heterocycles. The fourth-order valence-corrected chi connectivity index (χ4v) is 2.32. The van der Waals surface area contributed by atoms with Crippen LogP contribution in [0.15, 0.2) is 54.1 Å². The van der Waals surface area contributed by atoms with E-state index in [-0.39, 0.29) is 11.3 Å². The highest BCUT2D eigenvalue weighted by atomic mass is 16.3. The number of carbonyl (C=O) groups is 3. The third-order valence-corrected chi connectivity index (χ3v) is 3.60. The van der Waals surface area contributed by atoms with Crippen LogP contribution in [0.2, 0.25) is 0 Å². The Bertz CT molecular complexity index is 852. The summed E-state index contributed by atoms with van der Waals surface area (Å²) in [5.41, 5.74) is 1.78. The van der Waals surface area contributed by atoms with Gasteiger partial charge in [0.1, 0.15) is 11.3 Å². The van der Waals surface area contributed by atoms with E-state index in [2.05, 4.69) is 5.32 Å². The summed E-state index contributed by atoms with van der Waals surface area (Å²) in [4.78, 5) is 37.6. The summed E-state index contributed by atoms with van der Waals surface area (Å²) in [5.74, 6) is -1.37. The molecule has 120 valence electrons. The number of amides is 4. The third kappa shape index (κ3) is 2.89. The van der Waals surface area contributed by atoms with Gasteiger partial charge >= 0.3 is 6.03 Å². The van der Waals surface area contributed by atoms with E-state index in [1.807, 2.05) is 6.92 Å². The number of anilines is 1. The van der Waals surface area contributed by atoms with Crippen molar-refractivity contribution in [2.24, 2.45) is 0 Å². The van der Waals surface area contributed by atoms with Crippen LogP contribution in [0.3, 0.4) is 0 Å². The van der Waals surface area contributed by atoms with E-state index in [0.717, 1.165) is 10.5 Å². The number of imide groups is 2. The Labute approximate surface area is 138 Å². The zero-order chi connectivity index (χ0) is 17.3. The van der Waals surface area contributed by atoms with Crippen molar-refractivity contribution in [3.63, 3.8) is 0 Å². The first-order chi connectivity index (χ1) is 11.5. The van der Waals surface area contributed by atoms with E-state index < -0.39 is 17.8 Å². The van der Waals surface area contributed by atoms with E-state index in [0.29, 0.717) is 11.3 Å². The Morgan fingerprint density at radius 3 is 2.21 bits per heavy atom. The summed E-state index contributed by atoms with van der Waals surface area (Å²) in [5, 5.41) is 11.5. The second kappa shape index (κ2) is 6.00. The van der Waals surface area contributed by atoms with Crippen LogP contribution in [0, 0.1) is 6.92 Å². The number of phenolic OH excluding ortho intramolecular Hbond substituents is 1. The molecule has 24 heavy (non-hydrogen) atoms. The molecule has 0 spiro atoms. The average Bonchev–Trinajstić information content (AvgIpc) is 2.55. The van der Waals surface area contributed by atoms with E-state index in [9.17, 15) is 19.5 Å². The van der Waals surface area contributed by atoms with Crippen LogP contribution in [0.25, 0.3) is 6.08 Å². The van der Waals surface area contributed by atoms with Gasteiger partial charge in [0, 0.05) is 0 Å². The minimum atomic E-state index is -0.781. The number of aryl methyl sites for hydroxylation is 1. The molecule has 1 aliphatic rings. The maximum atomic E-state index is 12.6. The summed E-state index contributed by atoms with van der Waals surface area (Å²) in [6.07, 6.45) is 1.38. The number of hydrogen-bond acceptors (Lipinski definition) is 4. The first kappa shape index (κ1) is 15.5. The maximum Gasteiger partial charge on any atom is 0.335 e. The molecule has 3 rings (SSSR count). The largest absolute Gasteiger partial charge is 0.508 e. The molecule has 6 heteroatoms. The van der Waals surface area contributed by atoms with Crippen molar-refractivity contribution in [3.8, 4) is 5.75 Å². The second-order valence-electron chi connectivity index (χ2n) is 5.38. The van der Waals surface area contributed by atoms with Crippen LogP contribution in [0.1, 0.15) is 11.1 Å². The second-order valence-corrected chi connectivity index (χ2v) is 5.38. The molecule has 0 saturated carbocycles. The summed E-state index contributed by atoms with van der Waals surface area (Å²) in [6.45, 7) is 1.89. The van der Waals surface area contributed by atoms with Crippen LogP contribution in [0.5, 0.6) is 5.75 Å². The normalized spacial score (nSPS) is 16.5. The van der Waals surface area contributed by atoms with Crippen molar-refractivity contribution in [1.82, 2.24) is 5.32 Å². The molecular formula is C18H14N2O4. The van der Waals surface area contributed by atoms with Gasteiger partial charge in [-0.15, -0.1) is 0 Å². The van der Waals surface area contributed by atoms with Gasteiger partial charge in [-0.1, -0.05) is 29.8 Å². The SMILES string of the molecule is Cc1ccc(N2C(=O)NC(=O)/C(=C\c3ccc(O)cc3)C2=O)cc1.